The Morgan fingerprint density at radius 2 is 2.35 bits per heavy atom. The van der Waals surface area contributed by atoms with E-state index in [1.54, 1.807) is 11.3 Å². The number of rotatable bonds is 3. The van der Waals surface area contributed by atoms with E-state index in [0.717, 1.165) is 46.7 Å². The topological polar surface area (TPSA) is 35.5 Å². The van der Waals surface area contributed by atoms with Crippen LogP contribution in [0.4, 0.5) is 0 Å². The molecule has 2 N–H and O–H groups in total. The first kappa shape index (κ1) is 14.3. The number of thiophene rings is 1. The van der Waals surface area contributed by atoms with Crippen molar-refractivity contribution < 1.29 is 5.11 Å². The van der Waals surface area contributed by atoms with Gasteiger partial charge in [-0.05, 0) is 30.5 Å². The fraction of sp³-hybridized carbons (Fsp3) is 0.467. The van der Waals surface area contributed by atoms with Gasteiger partial charge in [0.2, 0.25) is 0 Å². The molecule has 3 rings (SSSR count). The molecule has 1 saturated heterocycles. The van der Waals surface area contributed by atoms with Crippen LogP contribution in [0.5, 0.6) is 0 Å². The summed E-state index contributed by atoms with van der Waals surface area (Å²) in [6.07, 6.45) is 1.11. The Kier molecular flexibility index (Phi) is 4.02. The molecule has 108 valence electrons. The van der Waals surface area contributed by atoms with Gasteiger partial charge in [0.15, 0.2) is 5.72 Å². The second-order valence-electron chi connectivity index (χ2n) is 5.35. The summed E-state index contributed by atoms with van der Waals surface area (Å²) in [4.78, 5) is 2.32. The van der Waals surface area contributed by atoms with Crippen LogP contribution in [-0.4, -0.2) is 36.2 Å². The van der Waals surface area contributed by atoms with Gasteiger partial charge in [-0.1, -0.05) is 24.6 Å². The first-order valence-corrected chi connectivity index (χ1v) is 8.25. The summed E-state index contributed by atoms with van der Waals surface area (Å²) in [6, 6.07) is 5.85. The maximum Gasteiger partial charge on any atom is 0.156 e. The highest BCUT2D eigenvalue weighted by atomic mass is 35.5. The van der Waals surface area contributed by atoms with Gasteiger partial charge < -0.3 is 5.11 Å². The van der Waals surface area contributed by atoms with Crippen LogP contribution in [-0.2, 0) is 5.72 Å². The molecule has 1 unspecified atom stereocenters. The van der Waals surface area contributed by atoms with Crippen LogP contribution in [0.1, 0.15) is 18.9 Å². The summed E-state index contributed by atoms with van der Waals surface area (Å²) in [5, 5.41) is 18.2. The summed E-state index contributed by atoms with van der Waals surface area (Å²) in [7, 11) is 0. The molecule has 0 spiro atoms. The van der Waals surface area contributed by atoms with Crippen LogP contribution < -0.4 is 5.32 Å². The molecule has 0 saturated carbocycles. The maximum atomic E-state index is 11.0. The molecule has 1 aliphatic heterocycles. The molecule has 2 heterocycles. The van der Waals surface area contributed by atoms with Crippen molar-refractivity contribution in [2.24, 2.45) is 0 Å². The highest BCUT2D eigenvalue weighted by Crippen LogP contribution is 2.35. The van der Waals surface area contributed by atoms with E-state index in [1.165, 1.54) is 0 Å². The standard InChI is InChI=1S/C15H19ClN2OS/c1-2-6-18-7-5-17-15(19,10-18)13-9-20-14-8-11(16)3-4-12(13)14/h3-4,8-9,17,19H,2,5-7,10H2,1H3. The van der Waals surface area contributed by atoms with Gasteiger partial charge in [0.1, 0.15) is 0 Å². The SMILES string of the molecule is CCCN1CCNC(O)(c2csc3cc(Cl)ccc23)C1. The minimum Gasteiger partial charge on any atom is -0.370 e. The molecular weight excluding hydrogens is 292 g/mol. The minimum atomic E-state index is -0.959. The number of hydrogen-bond acceptors (Lipinski definition) is 4. The third-order valence-corrected chi connectivity index (χ3v) is 5.00. The Hall–Kier alpha value is -0.650. The monoisotopic (exact) mass is 310 g/mol. The van der Waals surface area contributed by atoms with Crippen LogP contribution in [0.25, 0.3) is 10.1 Å². The van der Waals surface area contributed by atoms with Crippen molar-refractivity contribution in [3.63, 3.8) is 0 Å². The van der Waals surface area contributed by atoms with Crippen molar-refractivity contribution in [2.45, 2.75) is 19.1 Å². The first-order valence-electron chi connectivity index (χ1n) is 6.99. The average molecular weight is 311 g/mol. The van der Waals surface area contributed by atoms with E-state index in [1.807, 2.05) is 23.6 Å². The van der Waals surface area contributed by atoms with E-state index < -0.39 is 5.72 Å². The van der Waals surface area contributed by atoms with Crippen LogP contribution in [0, 0.1) is 0 Å². The lowest BCUT2D eigenvalue weighted by Crippen LogP contribution is -2.58. The zero-order valence-corrected chi connectivity index (χ0v) is 13.1. The molecule has 0 bridgehead atoms. The molecule has 0 radical (unpaired) electrons. The molecular formula is C15H19ClN2OS. The summed E-state index contributed by atoms with van der Waals surface area (Å²) in [5.41, 5.74) is 0.00873. The van der Waals surface area contributed by atoms with Crippen LogP contribution in [0.2, 0.25) is 5.02 Å². The molecule has 3 nitrogen and oxygen atoms in total. The van der Waals surface area contributed by atoms with Crippen LogP contribution >= 0.6 is 22.9 Å². The highest BCUT2D eigenvalue weighted by Gasteiger charge is 2.36. The molecule has 1 aliphatic rings. The second kappa shape index (κ2) is 5.62. The maximum absolute atomic E-state index is 11.0. The Bertz CT molecular complexity index is 613. The van der Waals surface area contributed by atoms with Gasteiger partial charge in [-0.2, -0.15) is 0 Å². The number of nitrogens with one attached hydrogen (secondary N) is 1. The number of benzene rings is 1. The second-order valence-corrected chi connectivity index (χ2v) is 6.70. The molecule has 20 heavy (non-hydrogen) atoms. The molecule has 2 aromatic rings. The lowest BCUT2D eigenvalue weighted by Gasteiger charge is -2.40. The van der Waals surface area contributed by atoms with E-state index in [9.17, 15) is 5.11 Å². The minimum absolute atomic E-state index is 0.634. The fourth-order valence-corrected chi connectivity index (χ4v) is 4.19. The third kappa shape index (κ3) is 2.59. The quantitative estimate of drug-likeness (QED) is 0.915. The van der Waals surface area contributed by atoms with Gasteiger partial charge in [-0.15, -0.1) is 11.3 Å². The summed E-state index contributed by atoms with van der Waals surface area (Å²) < 4.78 is 1.12. The van der Waals surface area contributed by atoms with Gasteiger partial charge in [0.25, 0.3) is 0 Å². The number of aliphatic hydroxyl groups is 1. The zero-order valence-electron chi connectivity index (χ0n) is 11.5. The first-order chi connectivity index (χ1) is 9.62. The van der Waals surface area contributed by atoms with Gasteiger partial charge >= 0.3 is 0 Å². The number of hydrogen-bond donors (Lipinski definition) is 2. The van der Waals surface area contributed by atoms with Gasteiger partial charge in [-0.25, -0.2) is 0 Å². The Morgan fingerprint density at radius 3 is 3.15 bits per heavy atom. The summed E-state index contributed by atoms with van der Waals surface area (Å²) in [5.74, 6) is 0. The van der Waals surface area contributed by atoms with Crippen LogP contribution in [0.3, 0.4) is 0 Å². The average Bonchev–Trinajstić information content (AvgIpc) is 2.82. The van der Waals surface area contributed by atoms with Crippen LogP contribution in [0.15, 0.2) is 23.6 Å². The smallest absolute Gasteiger partial charge is 0.156 e. The molecule has 1 aromatic carbocycles. The lowest BCUT2D eigenvalue weighted by atomic mass is 9.99. The number of β-amino-alcohol motifs (C(OH)–C–C–N with tert-alkyl or cyclic N) is 1. The Labute approximate surface area is 128 Å². The van der Waals surface area contributed by atoms with Crippen molar-refractivity contribution in [3.8, 4) is 0 Å². The Balaban J connectivity index is 1.96. The zero-order chi connectivity index (χ0) is 14.2. The predicted molar refractivity (Wildman–Crippen MR) is 85.5 cm³/mol. The molecule has 1 atom stereocenters. The highest BCUT2D eigenvalue weighted by molar-refractivity contribution is 7.17. The molecule has 1 aromatic heterocycles. The van der Waals surface area contributed by atoms with Crippen molar-refractivity contribution in [1.29, 1.82) is 0 Å². The van der Waals surface area contributed by atoms with E-state index in [0.29, 0.717) is 6.54 Å². The number of piperazine rings is 1. The van der Waals surface area contributed by atoms with E-state index in [4.69, 9.17) is 11.6 Å². The summed E-state index contributed by atoms with van der Waals surface area (Å²) >= 11 is 7.67. The van der Waals surface area contributed by atoms with Crippen molar-refractivity contribution in [3.05, 3.63) is 34.2 Å². The number of fused-ring (bicyclic) bond motifs is 1. The van der Waals surface area contributed by atoms with Crippen molar-refractivity contribution in [2.75, 3.05) is 26.2 Å². The van der Waals surface area contributed by atoms with E-state index in [-0.39, 0.29) is 0 Å². The van der Waals surface area contributed by atoms with Crippen molar-refractivity contribution >= 4 is 33.0 Å². The molecule has 1 fully saturated rings. The van der Waals surface area contributed by atoms with E-state index >= 15 is 0 Å². The lowest BCUT2D eigenvalue weighted by molar-refractivity contribution is -0.0536. The molecule has 0 aliphatic carbocycles. The van der Waals surface area contributed by atoms with Gasteiger partial charge in [0, 0.05) is 40.3 Å². The molecule has 5 heteroatoms. The van der Waals surface area contributed by atoms with E-state index in [2.05, 4.69) is 17.1 Å². The summed E-state index contributed by atoms with van der Waals surface area (Å²) in [6.45, 7) is 5.63. The third-order valence-electron chi connectivity index (χ3n) is 3.82. The van der Waals surface area contributed by atoms with Gasteiger partial charge in [-0.3, -0.25) is 10.2 Å². The van der Waals surface area contributed by atoms with Gasteiger partial charge in [0.05, 0.1) is 0 Å². The number of nitrogens with zero attached hydrogens (tertiary/aromatic N) is 1. The normalized spacial score (nSPS) is 24.4. The fourth-order valence-electron chi connectivity index (χ4n) is 2.89. The molecule has 0 amide bonds. The predicted octanol–water partition coefficient (Wildman–Crippen LogP) is 3.02. The van der Waals surface area contributed by atoms with Crippen molar-refractivity contribution in [1.82, 2.24) is 10.2 Å². The number of halogens is 1. The largest absolute Gasteiger partial charge is 0.370 e. The Morgan fingerprint density at radius 1 is 1.50 bits per heavy atom.